The van der Waals surface area contributed by atoms with Crippen LogP contribution in [0.15, 0.2) is 12.4 Å². The van der Waals surface area contributed by atoms with E-state index in [2.05, 4.69) is 14.9 Å². The highest BCUT2D eigenvalue weighted by Gasteiger charge is 2.28. The Kier molecular flexibility index (Phi) is 3.66. The fraction of sp³-hybridized carbons (Fsp3) is 0.615. The van der Waals surface area contributed by atoms with Gasteiger partial charge in [0.05, 0.1) is 12.4 Å². The van der Waals surface area contributed by atoms with Gasteiger partial charge in [0.15, 0.2) is 0 Å². The molecule has 102 valence electrons. The predicted molar refractivity (Wildman–Crippen MR) is 72.1 cm³/mol. The van der Waals surface area contributed by atoms with Crippen LogP contribution in [0.2, 0.25) is 5.15 Å². The van der Waals surface area contributed by atoms with E-state index in [0.29, 0.717) is 5.69 Å². The van der Waals surface area contributed by atoms with Crippen LogP contribution in [0.5, 0.6) is 0 Å². The van der Waals surface area contributed by atoms with Crippen LogP contribution in [0.3, 0.4) is 0 Å². The number of hydrogen-bond acceptors (Lipinski definition) is 4. The quantitative estimate of drug-likeness (QED) is 0.837. The van der Waals surface area contributed by atoms with Crippen molar-refractivity contribution >= 4 is 17.5 Å². The maximum absolute atomic E-state index is 12.2. The standard InChI is InChI=1S/C13H17ClN4O/c14-12-8-15-7-11(16-12)13(19)18-5-3-17(4-6-18)9-10-1-2-10/h7-8,10H,1-6,9H2. The summed E-state index contributed by atoms with van der Waals surface area (Å²) in [6.45, 7) is 4.63. The molecule has 2 aliphatic rings. The monoisotopic (exact) mass is 280 g/mol. The highest BCUT2D eigenvalue weighted by Crippen LogP contribution is 2.29. The van der Waals surface area contributed by atoms with Gasteiger partial charge < -0.3 is 4.90 Å². The molecule has 0 aromatic carbocycles. The second kappa shape index (κ2) is 5.43. The van der Waals surface area contributed by atoms with Gasteiger partial charge in [-0.1, -0.05) is 11.6 Å². The first-order chi connectivity index (χ1) is 9.22. The van der Waals surface area contributed by atoms with Crippen molar-refractivity contribution in [1.82, 2.24) is 19.8 Å². The smallest absolute Gasteiger partial charge is 0.274 e. The minimum Gasteiger partial charge on any atom is -0.335 e. The van der Waals surface area contributed by atoms with Crippen molar-refractivity contribution < 1.29 is 4.79 Å². The average molecular weight is 281 g/mol. The molecule has 2 fully saturated rings. The largest absolute Gasteiger partial charge is 0.335 e. The van der Waals surface area contributed by atoms with Gasteiger partial charge in [-0.25, -0.2) is 4.98 Å². The van der Waals surface area contributed by atoms with E-state index < -0.39 is 0 Å². The van der Waals surface area contributed by atoms with Gasteiger partial charge in [-0.05, 0) is 18.8 Å². The molecule has 1 aliphatic heterocycles. The Labute approximate surface area is 117 Å². The van der Waals surface area contributed by atoms with Gasteiger partial charge in [-0.2, -0.15) is 0 Å². The van der Waals surface area contributed by atoms with Crippen molar-refractivity contribution in [2.45, 2.75) is 12.8 Å². The van der Waals surface area contributed by atoms with Crippen LogP contribution in [0, 0.1) is 5.92 Å². The van der Waals surface area contributed by atoms with Crippen molar-refractivity contribution in [2.24, 2.45) is 5.92 Å². The first-order valence-electron chi connectivity index (χ1n) is 6.71. The number of nitrogens with zero attached hydrogens (tertiary/aromatic N) is 4. The highest BCUT2D eigenvalue weighted by molar-refractivity contribution is 6.29. The summed E-state index contributed by atoms with van der Waals surface area (Å²) >= 11 is 5.76. The lowest BCUT2D eigenvalue weighted by Gasteiger charge is -2.34. The summed E-state index contributed by atoms with van der Waals surface area (Å²) in [5.41, 5.74) is 0.336. The third kappa shape index (κ3) is 3.22. The van der Waals surface area contributed by atoms with E-state index in [0.717, 1.165) is 32.1 Å². The number of aromatic nitrogens is 2. The summed E-state index contributed by atoms with van der Waals surface area (Å²) in [5, 5.41) is 0.262. The van der Waals surface area contributed by atoms with Crippen molar-refractivity contribution in [2.75, 3.05) is 32.7 Å². The molecule has 2 heterocycles. The highest BCUT2D eigenvalue weighted by atomic mass is 35.5. The average Bonchev–Trinajstić information content (AvgIpc) is 3.23. The van der Waals surface area contributed by atoms with Gasteiger partial charge >= 0.3 is 0 Å². The SMILES string of the molecule is O=C(c1cncc(Cl)n1)N1CCN(CC2CC2)CC1. The van der Waals surface area contributed by atoms with Crippen LogP contribution in [0.4, 0.5) is 0 Å². The van der Waals surface area contributed by atoms with Gasteiger partial charge in [0, 0.05) is 32.7 Å². The summed E-state index contributed by atoms with van der Waals surface area (Å²) in [5.74, 6) is 0.835. The fourth-order valence-corrected chi connectivity index (χ4v) is 2.55. The second-order valence-electron chi connectivity index (χ2n) is 5.26. The van der Waals surface area contributed by atoms with Crippen LogP contribution in [0.1, 0.15) is 23.3 Å². The van der Waals surface area contributed by atoms with Crippen LogP contribution in [-0.2, 0) is 0 Å². The molecule has 1 aliphatic carbocycles. The van der Waals surface area contributed by atoms with Gasteiger partial charge in [-0.15, -0.1) is 0 Å². The fourth-order valence-electron chi connectivity index (χ4n) is 2.41. The number of rotatable bonds is 3. The third-order valence-electron chi connectivity index (χ3n) is 3.70. The van der Waals surface area contributed by atoms with E-state index in [9.17, 15) is 4.79 Å². The van der Waals surface area contributed by atoms with E-state index in [-0.39, 0.29) is 11.1 Å². The third-order valence-corrected chi connectivity index (χ3v) is 3.88. The number of piperazine rings is 1. The molecule has 1 saturated heterocycles. The number of amides is 1. The molecule has 1 amide bonds. The maximum Gasteiger partial charge on any atom is 0.274 e. The van der Waals surface area contributed by atoms with E-state index in [1.807, 2.05) is 4.90 Å². The summed E-state index contributed by atoms with van der Waals surface area (Å²) in [7, 11) is 0. The molecule has 6 heteroatoms. The lowest BCUT2D eigenvalue weighted by Crippen LogP contribution is -2.49. The summed E-state index contributed by atoms with van der Waals surface area (Å²) in [6.07, 6.45) is 5.66. The zero-order valence-corrected chi connectivity index (χ0v) is 11.5. The topological polar surface area (TPSA) is 49.3 Å². The van der Waals surface area contributed by atoms with Crippen LogP contribution in [-0.4, -0.2) is 58.4 Å². The Morgan fingerprint density at radius 3 is 2.63 bits per heavy atom. The predicted octanol–water partition coefficient (Wildman–Crippen LogP) is 1.30. The molecule has 0 N–H and O–H groups in total. The van der Waals surface area contributed by atoms with Crippen molar-refractivity contribution in [3.05, 3.63) is 23.2 Å². The molecule has 3 rings (SSSR count). The lowest BCUT2D eigenvalue weighted by atomic mass is 10.2. The Morgan fingerprint density at radius 1 is 1.26 bits per heavy atom. The minimum atomic E-state index is -0.0685. The van der Waals surface area contributed by atoms with E-state index in [1.165, 1.54) is 31.8 Å². The van der Waals surface area contributed by atoms with Crippen molar-refractivity contribution in [1.29, 1.82) is 0 Å². The normalized spacial score (nSPS) is 20.6. The van der Waals surface area contributed by atoms with Crippen LogP contribution >= 0.6 is 11.6 Å². The summed E-state index contributed by atoms with van der Waals surface area (Å²) < 4.78 is 0. The van der Waals surface area contributed by atoms with E-state index in [1.54, 1.807) is 0 Å². The van der Waals surface area contributed by atoms with Crippen molar-refractivity contribution in [3.63, 3.8) is 0 Å². The number of carbonyl (C=O) groups excluding carboxylic acids is 1. The maximum atomic E-state index is 12.2. The molecule has 1 aromatic rings. The Hall–Kier alpha value is -1.20. The molecular formula is C13H17ClN4O. The van der Waals surface area contributed by atoms with Crippen LogP contribution < -0.4 is 0 Å². The Balaban J connectivity index is 1.56. The molecule has 19 heavy (non-hydrogen) atoms. The van der Waals surface area contributed by atoms with E-state index in [4.69, 9.17) is 11.6 Å². The zero-order valence-electron chi connectivity index (χ0n) is 10.8. The first-order valence-corrected chi connectivity index (χ1v) is 7.09. The first kappa shape index (κ1) is 12.8. The molecule has 0 unspecified atom stereocenters. The Morgan fingerprint density at radius 2 is 2.00 bits per heavy atom. The molecule has 1 saturated carbocycles. The van der Waals surface area contributed by atoms with Gasteiger partial charge in [0.25, 0.3) is 5.91 Å². The van der Waals surface area contributed by atoms with Gasteiger partial charge in [-0.3, -0.25) is 14.7 Å². The van der Waals surface area contributed by atoms with Crippen molar-refractivity contribution in [3.8, 4) is 0 Å². The molecule has 0 atom stereocenters. The van der Waals surface area contributed by atoms with Gasteiger partial charge in [0.2, 0.25) is 0 Å². The molecule has 5 nitrogen and oxygen atoms in total. The second-order valence-corrected chi connectivity index (χ2v) is 5.65. The summed E-state index contributed by atoms with van der Waals surface area (Å²) in [6, 6.07) is 0. The molecular weight excluding hydrogens is 264 g/mol. The molecule has 1 aromatic heterocycles. The number of halogens is 1. The Bertz CT molecular complexity index is 469. The number of hydrogen-bond donors (Lipinski definition) is 0. The summed E-state index contributed by atoms with van der Waals surface area (Å²) in [4.78, 5) is 24.5. The van der Waals surface area contributed by atoms with Crippen LogP contribution in [0.25, 0.3) is 0 Å². The lowest BCUT2D eigenvalue weighted by molar-refractivity contribution is 0.0626. The minimum absolute atomic E-state index is 0.0685. The van der Waals surface area contributed by atoms with Gasteiger partial charge in [0.1, 0.15) is 10.8 Å². The molecule has 0 radical (unpaired) electrons. The molecule has 0 spiro atoms. The number of carbonyl (C=O) groups is 1. The molecule has 0 bridgehead atoms. The van der Waals surface area contributed by atoms with E-state index >= 15 is 0 Å². The zero-order chi connectivity index (χ0) is 13.2.